The summed E-state index contributed by atoms with van der Waals surface area (Å²) in [5.41, 5.74) is 7.19. The maximum Gasteiger partial charge on any atom is 0.330 e. The summed E-state index contributed by atoms with van der Waals surface area (Å²) < 4.78 is 1.36. The third-order valence-corrected chi connectivity index (χ3v) is 3.29. The molecule has 0 aliphatic heterocycles. The Labute approximate surface area is 121 Å². The number of aryl methyl sites for hydroxylation is 1. The number of hydrogen-bond donors (Lipinski definition) is 3. The highest BCUT2D eigenvalue weighted by Gasteiger charge is 2.11. The molecule has 2 aromatic rings. The van der Waals surface area contributed by atoms with Gasteiger partial charge in [-0.25, -0.2) is 4.79 Å². The highest BCUT2D eigenvalue weighted by molar-refractivity contribution is 5.60. The second-order valence-corrected chi connectivity index (χ2v) is 4.83. The van der Waals surface area contributed by atoms with Crippen molar-refractivity contribution in [3.63, 3.8) is 0 Å². The molecule has 0 atom stereocenters. The van der Waals surface area contributed by atoms with Crippen molar-refractivity contribution in [2.24, 2.45) is 0 Å². The molecule has 0 aliphatic carbocycles. The smallest absolute Gasteiger partial charge is 0.330 e. The minimum Gasteiger partial charge on any atom is -0.383 e. The molecule has 2 heterocycles. The van der Waals surface area contributed by atoms with E-state index in [-0.39, 0.29) is 11.5 Å². The van der Waals surface area contributed by atoms with Gasteiger partial charge in [-0.1, -0.05) is 6.92 Å². The second-order valence-electron chi connectivity index (χ2n) is 4.83. The number of nitrogens with zero attached hydrogens (tertiary/aromatic N) is 2. The largest absolute Gasteiger partial charge is 0.383 e. The van der Waals surface area contributed by atoms with Crippen molar-refractivity contribution in [1.29, 1.82) is 0 Å². The number of hydrogen-bond acceptors (Lipinski definition) is 5. The fraction of sp³-hybridized carbons (Fsp3) is 0.357. The van der Waals surface area contributed by atoms with Crippen LogP contribution in [0.25, 0.3) is 0 Å². The fourth-order valence-corrected chi connectivity index (χ4v) is 2.07. The molecule has 0 saturated heterocycles. The topological polar surface area (TPSA) is 106 Å². The Balaban J connectivity index is 2.32. The lowest BCUT2D eigenvalue weighted by atomic mass is 10.1. The second kappa shape index (κ2) is 6.25. The van der Waals surface area contributed by atoms with Crippen molar-refractivity contribution < 1.29 is 0 Å². The number of pyridine rings is 1. The molecular formula is C14H19N5O2. The average molecular weight is 289 g/mol. The summed E-state index contributed by atoms with van der Waals surface area (Å²) in [4.78, 5) is 29.9. The maximum atomic E-state index is 11.9. The van der Waals surface area contributed by atoms with Crippen LogP contribution in [-0.4, -0.2) is 14.5 Å². The van der Waals surface area contributed by atoms with Crippen molar-refractivity contribution in [2.45, 2.75) is 33.4 Å². The van der Waals surface area contributed by atoms with E-state index in [2.05, 4.69) is 15.3 Å². The lowest BCUT2D eigenvalue weighted by Crippen LogP contribution is -2.34. The predicted octanol–water partition coefficient (Wildman–Crippen LogP) is 0.844. The third kappa shape index (κ3) is 3.13. The summed E-state index contributed by atoms with van der Waals surface area (Å²) in [5, 5.41) is 3.00. The first-order valence-electron chi connectivity index (χ1n) is 6.80. The van der Waals surface area contributed by atoms with E-state index in [1.54, 1.807) is 12.4 Å². The summed E-state index contributed by atoms with van der Waals surface area (Å²) in [7, 11) is 0. The zero-order valence-corrected chi connectivity index (χ0v) is 12.1. The number of H-pyrrole nitrogens is 1. The molecule has 0 radical (unpaired) electrons. The van der Waals surface area contributed by atoms with Crippen molar-refractivity contribution in [1.82, 2.24) is 14.5 Å². The van der Waals surface area contributed by atoms with Crippen molar-refractivity contribution >= 4 is 11.5 Å². The number of anilines is 2. The number of rotatable bonds is 5. The van der Waals surface area contributed by atoms with Gasteiger partial charge in [0, 0.05) is 25.5 Å². The molecule has 4 N–H and O–H groups in total. The molecule has 7 nitrogen and oxygen atoms in total. The van der Waals surface area contributed by atoms with Crippen LogP contribution in [0.2, 0.25) is 0 Å². The van der Waals surface area contributed by atoms with E-state index in [1.807, 2.05) is 19.9 Å². The molecule has 7 heteroatoms. The van der Waals surface area contributed by atoms with Crippen LogP contribution >= 0.6 is 0 Å². The first-order valence-corrected chi connectivity index (χ1v) is 6.80. The summed E-state index contributed by atoms with van der Waals surface area (Å²) in [6.45, 7) is 4.77. The van der Waals surface area contributed by atoms with E-state index >= 15 is 0 Å². The number of nitrogens with one attached hydrogen (secondary N) is 2. The highest BCUT2D eigenvalue weighted by atomic mass is 16.2. The number of aromatic amines is 1. The Morgan fingerprint density at radius 1 is 1.43 bits per heavy atom. The highest BCUT2D eigenvalue weighted by Crippen LogP contribution is 2.13. The molecule has 0 aliphatic rings. The number of nitrogen functional groups attached to an aromatic ring is 1. The third-order valence-electron chi connectivity index (χ3n) is 3.29. The van der Waals surface area contributed by atoms with E-state index in [4.69, 9.17) is 5.73 Å². The minimum absolute atomic E-state index is 0.159. The van der Waals surface area contributed by atoms with Crippen molar-refractivity contribution in [2.75, 3.05) is 11.1 Å². The normalized spacial score (nSPS) is 10.6. The molecular weight excluding hydrogens is 270 g/mol. The van der Waals surface area contributed by atoms with Crippen LogP contribution < -0.4 is 22.3 Å². The van der Waals surface area contributed by atoms with Crippen LogP contribution in [-0.2, 0) is 13.1 Å². The summed E-state index contributed by atoms with van der Waals surface area (Å²) in [5.74, 6) is 0.159. The van der Waals surface area contributed by atoms with Crippen LogP contribution in [0.4, 0.5) is 11.5 Å². The Kier molecular flexibility index (Phi) is 4.42. The van der Waals surface area contributed by atoms with Gasteiger partial charge in [-0.3, -0.25) is 19.3 Å². The number of aromatic nitrogens is 3. The molecule has 0 spiro atoms. The minimum atomic E-state index is -0.508. The molecule has 0 aromatic carbocycles. The first-order chi connectivity index (χ1) is 10.0. The Morgan fingerprint density at radius 2 is 2.19 bits per heavy atom. The van der Waals surface area contributed by atoms with E-state index in [1.165, 1.54) is 4.57 Å². The van der Waals surface area contributed by atoms with Gasteiger partial charge >= 0.3 is 5.69 Å². The molecule has 0 amide bonds. The SMILES string of the molecule is CCCn1c(N)c(NCc2cnccc2C)c(=O)[nH]c1=O. The summed E-state index contributed by atoms with van der Waals surface area (Å²) in [6, 6.07) is 1.89. The van der Waals surface area contributed by atoms with Crippen molar-refractivity contribution in [3.05, 3.63) is 50.4 Å². The van der Waals surface area contributed by atoms with E-state index in [0.29, 0.717) is 13.1 Å². The first kappa shape index (κ1) is 14.8. The van der Waals surface area contributed by atoms with Crippen LogP contribution in [0.15, 0.2) is 28.0 Å². The predicted molar refractivity (Wildman–Crippen MR) is 82.3 cm³/mol. The molecule has 21 heavy (non-hydrogen) atoms. The van der Waals surface area contributed by atoms with Gasteiger partial charge in [-0.05, 0) is 30.5 Å². The van der Waals surface area contributed by atoms with Gasteiger partial charge in [0.15, 0.2) is 0 Å². The van der Waals surface area contributed by atoms with E-state index in [0.717, 1.165) is 17.5 Å². The Morgan fingerprint density at radius 3 is 2.86 bits per heavy atom. The van der Waals surface area contributed by atoms with E-state index < -0.39 is 11.2 Å². The van der Waals surface area contributed by atoms with Crippen molar-refractivity contribution in [3.8, 4) is 0 Å². The molecule has 2 rings (SSSR count). The van der Waals surface area contributed by atoms with Gasteiger partial charge in [-0.15, -0.1) is 0 Å². The lowest BCUT2D eigenvalue weighted by Gasteiger charge is -2.13. The lowest BCUT2D eigenvalue weighted by molar-refractivity contribution is 0.642. The number of nitrogens with two attached hydrogens (primary N) is 1. The zero-order chi connectivity index (χ0) is 15.4. The van der Waals surface area contributed by atoms with E-state index in [9.17, 15) is 9.59 Å². The standard InChI is InChI=1S/C14H19N5O2/c1-3-6-19-12(15)11(13(20)18-14(19)21)17-8-10-7-16-5-4-9(10)2/h4-5,7,17H,3,6,8,15H2,1-2H3,(H,18,20,21). The summed E-state index contributed by atoms with van der Waals surface area (Å²) >= 11 is 0. The molecule has 2 aromatic heterocycles. The van der Waals surface area contributed by atoms with Gasteiger partial charge in [0.1, 0.15) is 11.5 Å². The van der Waals surface area contributed by atoms with Crippen LogP contribution in [0.1, 0.15) is 24.5 Å². The Bertz CT molecular complexity index is 748. The van der Waals surface area contributed by atoms with Gasteiger partial charge in [0.05, 0.1) is 0 Å². The fourth-order valence-electron chi connectivity index (χ4n) is 2.07. The molecule has 0 fully saturated rings. The van der Waals surface area contributed by atoms with Crippen LogP contribution in [0, 0.1) is 6.92 Å². The van der Waals surface area contributed by atoms with Gasteiger partial charge in [-0.2, -0.15) is 0 Å². The van der Waals surface area contributed by atoms with Gasteiger partial charge in [0.25, 0.3) is 5.56 Å². The quantitative estimate of drug-likeness (QED) is 0.756. The monoisotopic (exact) mass is 289 g/mol. The van der Waals surface area contributed by atoms with Gasteiger partial charge in [0.2, 0.25) is 0 Å². The molecule has 0 unspecified atom stereocenters. The molecule has 112 valence electrons. The Hall–Kier alpha value is -2.57. The molecule has 0 saturated carbocycles. The van der Waals surface area contributed by atoms with Crippen LogP contribution in [0.5, 0.6) is 0 Å². The van der Waals surface area contributed by atoms with Crippen LogP contribution in [0.3, 0.4) is 0 Å². The zero-order valence-electron chi connectivity index (χ0n) is 12.1. The molecule has 0 bridgehead atoms. The van der Waals surface area contributed by atoms with Gasteiger partial charge < -0.3 is 11.1 Å². The average Bonchev–Trinajstić information content (AvgIpc) is 2.45. The summed E-state index contributed by atoms with van der Waals surface area (Å²) in [6.07, 6.45) is 4.19. The maximum absolute atomic E-state index is 11.9.